The first-order chi connectivity index (χ1) is 23.1. The summed E-state index contributed by atoms with van der Waals surface area (Å²) in [6.45, 7) is 13.2. The van der Waals surface area contributed by atoms with E-state index in [1.165, 1.54) is 5.56 Å². The predicted octanol–water partition coefficient (Wildman–Crippen LogP) is 9.33. The lowest BCUT2D eigenvalue weighted by Gasteiger charge is -2.21. The number of amides is 2. The molecular weight excluding hydrogens is 598 g/mol. The summed E-state index contributed by atoms with van der Waals surface area (Å²) in [6, 6.07) is 21.1. The average Bonchev–Trinajstić information content (AvgIpc) is 3.07. The molecule has 0 aliphatic rings. The lowest BCUT2D eigenvalue weighted by atomic mass is 9.93. The van der Waals surface area contributed by atoms with Crippen LogP contribution in [-0.4, -0.2) is 27.2 Å². The number of nitrogens with one attached hydrogen (secondary N) is 2. The maximum Gasteiger partial charge on any atom is 0.323 e. The number of urea groups is 1. The SMILES string of the molecule is CC(C)=CCn1c(=O)c(NC(=O)Nc2c(C(C)C)cccc2C(C)C)c(-c2cccc(OCCCc3ccncc3)c2)c2cccnc21. The summed E-state index contributed by atoms with van der Waals surface area (Å²) in [5.74, 6) is 1.06. The predicted molar refractivity (Wildman–Crippen MR) is 196 cm³/mol. The summed E-state index contributed by atoms with van der Waals surface area (Å²) in [4.78, 5) is 37.0. The van der Waals surface area contributed by atoms with E-state index in [0.717, 1.165) is 46.2 Å². The number of anilines is 2. The molecule has 5 aromatic rings. The molecule has 48 heavy (non-hydrogen) atoms. The van der Waals surface area contributed by atoms with Gasteiger partial charge in [-0.15, -0.1) is 0 Å². The first-order valence-corrected chi connectivity index (χ1v) is 16.6. The molecule has 0 fully saturated rings. The number of para-hydroxylation sites is 1. The molecule has 0 bridgehead atoms. The second-order valence-electron chi connectivity index (χ2n) is 12.9. The van der Waals surface area contributed by atoms with Gasteiger partial charge in [-0.25, -0.2) is 9.78 Å². The molecule has 2 aromatic carbocycles. The third-order valence-electron chi connectivity index (χ3n) is 8.30. The molecule has 2 amide bonds. The van der Waals surface area contributed by atoms with Gasteiger partial charge in [-0.05, 0) is 97.2 Å². The van der Waals surface area contributed by atoms with Gasteiger partial charge in [-0.2, -0.15) is 0 Å². The summed E-state index contributed by atoms with van der Waals surface area (Å²) in [5, 5.41) is 6.85. The minimum Gasteiger partial charge on any atom is -0.494 e. The van der Waals surface area contributed by atoms with Gasteiger partial charge < -0.3 is 15.4 Å². The van der Waals surface area contributed by atoms with Crippen LogP contribution in [0.1, 0.15) is 76.5 Å². The highest BCUT2D eigenvalue weighted by Crippen LogP contribution is 2.36. The van der Waals surface area contributed by atoms with Crippen LogP contribution >= 0.6 is 0 Å². The van der Waals surface area contributed by atoms with Crippen LogP contribution in [-0.2, 0) is 13.0 Å². The van der Waals surface area contributed by atoms with Crippen LogP contribution in [0.3, 0.4) is 0 Å². The number of allylic oxidation sites excluding steroid dienone is 2. The number of hydrogen-bond donors (Lipinski definition) is 2. The van der Waals surface area contributed by atoms with E-state index >= 15 is 0 Å². The van der Waals surface area contributed by atoms with Crippen molar-refractivity contribution in [3.05, 3.63) is 124 Å². The lowest BCUT2D eigenvalue weighted by Crippen LogP contribution is -2.30. The molecule has 0 saturated carbocycles. The summed E-state index contributed by atoms with van der Waals surface area (Å²) in [7, 11) is 0. The summed E-state index contributed by atoms with van der Waals surface area (Å²) < 4.78 is 7.78. The molecule has 0 radical (unpaired) electrons. The number of fused-ring (bicyclic) bond motifs is 1. The fraction of sp³-hybridized carbons (Fsp3) is 0.300. The molecular formula is C40H45N5O3. The van der Waals surface area contributed by atoms with Crippen LogP contribution in [0, 0.1) is 0 Å². The summed E-state index contributed by atoms with van der Waals surface area (Å²) in [5.41, 5.74) is 6.84. The van der Waals surface area contributed by atoms with Crippen LogP contribution in [0.2, 0.25) is 0 Å². The maximum absolute atomic E-state index is 14.4. The molecule has 248 valence electrons. The molecule has 0 spiro atoms. The largest absolute Gasteiger partial charge is 0.494 e. The number of nitrogens with zero attached hydrogens (tertiary/aromatic N) is 3. The van der Waals surface area contributed by atoms with Gasteiger partial charge in [0.2, 0.25) is 0 Å². The Kier molecular flexibility index (Phi) is 11.1. The van der Waals surface area contributed by atoms with E-state index in [1.807, 2.05) is 86.7 Å². The van der Waals surface area contributed by atoms with Crippen molar-refractivity contribution in [2.75, 3.05) is 17.2 Å². The number of carbonyl (C=O) groups excluding carboxylic acids is 1. The molecule has 0 aliphatic heterocycles. The number of carbonyl (C=O) groups is 1. The number of aryl methyl sites for hydroxylation is 1. The fourth-order valence-electron chi connectivity index (χ4n) is 5.85. The first-order valence-electron chi connectivity index (χ1n) is 16.6. The molecule has 3 heterocycles. The van der Waals surface area contributed by atoms with Gasteiger partial charge in [0.15, 0.2) is 0 Å². The standard InChI is InChI=1S/C40H45N5O3/c1-26(2)19-23-45-38-34(16-9-20-42-38)35(30-12-7-13-31(25-30)48-24-10-11-29-17-21-41-22-18-29)37(39(45)46)44-40(47)43-36-32(27(3)4)14-8-15-33(36)28(5)6/h7-9,12-22,25,27-28H,10-11,23-24H2,1-6H3,(H2,43,44,47). The van der Waals surface area contributed by atoms with Crippen molar-refractivity contribution in [1.29, 1.82) is 0 Å². The van der Waals surface area contributed by atoms with E-state index < -0.39 is 6.03 Å². The van der Waals surface area contributed by atoms with E-state index in [2.05, 4.69) is 48.3 Å². The topological polar surface area (TPSA) is 98.1 Å². The van der Waals surface area contributed by atoms with Gasteiger partial charge in [0.25, 0.3) is 5.56 Å². The average molecular weight is 644 g/mol. The molecule has 0 saturated heterocycles. The van der Waals surface area contributed by atoms with Gasteiger partial charge in [0.1, 0.15) is 17.1 Å². The zero-order valence-corrected chi connectivity index (χ0v) is 28.7. The molecule has 3 aromatic heterocycles. The zero-order valence-electron chi connectivity index (χ0n) is 28.7. The van der Waals surface area contributed by atoms with E-state index in [9.17, 15) is 9.59 Å². The highest BCUT2D eigenvalue weighted by Gasteiger charge is 2.22. The Morgan fingerprint density at radius 1 is 0.875 bits per heavy atom. The Morgan fingerprint density at radius 2 is 1.56 bits per heavy atom. The second-order valence-corrected chi connectivity index (χ2v) is 12.9. The highest BCUT2D eigenvalue weighted by atomic mass is 16.5. The highest BCUT2D eigenvalue weighted by molar-refractivity contribution is 6.07. The monoisotopic (exact) mass is 643 g/mol. The quantitative estimate of drug-likeness (QED) is 0.104. The van der Waals surface area contributed by atoms with Crippen molar-refractivity contribution in [2.45, 2.75) is 72.8 Å². The van der Waals surface area contributed by atoms with E-state index in [4.69, 9.17) is 4.74 Å². The van der Waals surface area contributed by atoms with Gasteiger partial charge in [0, 0.05) is 41.8 Å². The number of aromatic nitrogens is 3. The minimum absolute atomic E-state index is 0.179. The van der Waals surface area contributed by atoms with Crippen LogP contribution < -0.4 is 20.9 Å². The van der Waals surface area contributed by atoms with Gasteiger partial charge in [-0.1, -0.05) is 69.7 Å². The van der Waals surface area contributed by atoms with Crippen molar-refractivity contribution in [3.8, 4) is 16.9 Å². The van der Waals surface area contributed by atoms with Crippen LogP contribution in [0.5, 0.6) is 5.75 Å². The van der Waals surface area contributed by atoms with Crippen molar-refractivity contribution in [2.24, 2.45) is 0 Å². The van der Waals surface area contributed by atoms with Crippen LogP contribution in [0.15, 0.2) is 102 Å². The fourth-order valence-corrected chi connectivity index (χ4v) is 5.85. The molecule has 5 rings (SSSR count). The van der Waals surface area contributed by atoms with Crippen molar-refractivity contribution >= 4 is 28.4 Å². The normalized spacial score (nSPS) is 11.2. The number of ether oxygens (including phenoxy) is 1. The van der Waals surface area contributed by atoms with Crippen molar-refractivity contribution < 1.29 is 9.53 Å². The molecule has 0 aliphatic carbocycles. The Hall–Kier alpha value is -5.24. The van der Waals surface area contributed by atoms with Crippen LogP contribution in [0.4, 0.5) is 16.2 Å². The Balaban J connectivity index is 1.56. The van der Waals surface area contributed by atoms with Crippen LogP contribution in [0.25, 0.3) is 22.2 Å². The Morgan fingerprint density at radius 3 is 2.25 bits per heavy atom. The molecule has 0 atom stereocenters. The minimum atomic E-state index is -0.483. The maximum atomic E-state index is 14.4. The summed E-state index contributed by atoms with van der Waals surface area (Å²) >= 11 is 0. The van der Waals surface area contributed by atoms with Gasteiger partial charge in [0.05, 0.1) is 6.61 Å². The Labute approximate surface area is 282 Å². The Bertz CT molecular complexity index is 1950. The third-order valence-corrected chi connectivity index (χ3v) is 8.30. The van der Waals surface area contributed by atoms with Gasteiger partial charge >= 0.3 is 6.03 Å². The number of benzene rings is 2. The smallest absolute Gasteiger partial charge is 0.323 e. The number of rotatable bonds is 12. The number of hydrogen-bond acceptors (Lipinski definition) is 5. The first kappa shape index (κ1) is 34.1. The third kappa shape index (κ3) is 8.00. The molecule has 8 nitrogen and oxygen atoms in total. The zero-order chi connectivity index (χ0) is 34.2. The molecule has 2 N–H and O–H groups in total. The van der Waals surface area contributed by atoms with Gasteiger partial charge in [-0.3, -0.25) is 14.3 Å². The lowest BCUT2D eigenvalue weighted by molar-refractivity contribution is 0.262. The van der Waals surface area contributed by atoms with E-state index in [0.29, 0.717) is 30.1 Å². The molecule has 0 unspecified atom stereocenters. The second kappa shape index (κ2) is 15.6. The summed E-state index contributed by atoms with van der Waals surface area (Å²) in [6.07, 6.45) is 8.97. The van der Waals surface area contributed by atoms with Crippen molar-refractivity contribution in [1.82, 2.24) is 14.5 Å². The molecule has 8 heteroatoms. The number of pyridine rings is 3. The van der Waals surface area contributed by atoms with E-state index in [-0.39, 0.29) is 23.1 Å². The van der Waals surface area contributed by atoms with Crippen molar-refractivity contribution in [3.63, 3.8) is 0 Å². The van der Waals surface area contributed by atoms with E-state index in [1.54, 1.807) is 23.2 Å².